The van der Waals surface area contributed by atoms with Crippen molar-refractivity contribution in [2.24, 2.45) is 22.7 Å². The van der Waals surface area contributed by atoms with Gasteiger partial charge in [-0.3, -0.25) is 9.69 Å². The second-order valence-corrected chi connectivity index (χ2v) is 10.8. The fourth-order valence-corrected chi connectivity index (χ4v) is 7.31. The van der Waals surface area contributed by atoms with Gasteiger partial charge in [0.1, 0.15) is 5.76 Å². The number of rotatable bonds is 6. The molecule has 1 aliphatic heterocycles. The molecule has 4 atom stereocenters. The van der Waals surface area contributed by atoms with E-state index in [2.05, 4.69) is 31.4 Å². The maximum atomic E-state index is 12.8. The van der Waals surface area contributed by atoms with Gasteiger partial charge in [-0.15, -0.1) is 0 Å². The Morgan fingerprint density at radius 2 is 2.00 bits per heavy atom. The number of fused-ring (bicyclic) bond motifs is 1. The molecule has 2 heterocycles. The Bertz CT molecular complexity index is 792. The molecule has 1 unspecified atom stereocenters. The Morgan fingerprint density at radius 1 is 1.23 bits per heavy atom. The molecule has 2 saturated carbocycles. The molecule has 3 fully saturated rings. The number of carbonyl (C=O) groups is 1. The molecule has 172 valence electrons. The largest absolute Gasteiger partial charge is 0.469 e. The molecule has 0 spiro atoms. The minimum atomic E-state index is -0.365. The van der Waals surface area contributed by atoms with E-state index >= 15 is 0 Å². The average Bonchev–Trinajstić information content (AvgIpc) is 3.20. The van der Waals surface area contributed by atoms with Gasteiger partial charge in [-0.2, -0.15) is 0 Å². The van der Waals surface area contributed by atoms with Crippen LogP contribution in [-0.2, 0) is 22.5 Å². The first-order chi connectivity index (χ1) is 14.9. The van der Waals surface area contributed by atoms with E-state index in [1.165, 1.54) is 49.9 Å². The Kier molecular flexibility index (Phi) is 6.67. The Balaban J connectivity index is 1.49. The highest BCUT2D eigenvalue weighted by molar-refractivity contribution is 5.77. The molecule has 1 aromatic heterocycles. The zero-order valence-electron chi connectivity index (χ0n) is 19.9. The third kappa shape index (κ3) is 4.25. The summed E-state index contributed by atoms with van der Waals surface area (Å²) in [6.45, 7) is 12.4. The normalized spacial score (nSPS) is 34.4. The summed E-state index contributed by atoms with van der Waals surface area (Å²) < 4.78 is 11.2. The second kappa shape index (κ2) is 9.13. The number of ether oxygens (including phenoxy) is 1. The van der Waals surface area contributed by atoms with Crippen molar-refractivity contribution in [2.75, 3.05) is 20.2 Å². The molecular weight excluding hydrogens is 386 g/mol. The number of hydrogen-bond acceptors (Lipinski definition) is 4. The maximum absolute atomic E-state index is 12.8. The van der Waals surface area contributed by atoms with Gasteiger partial charge in [-0.1, -0.05) is 31.9 Å². The lowest BCUT2D eigenvalue weighted by molar-refractivity contribution is -0.168. The van der Waals surface area contributed by atoms with Gasteiger partial charge in [0.05, 0.1) is 25.3 Å². The summed E-state index contributed by atoms with van der Waals surface area (Å²) in [7, 11) is 1.54. The standard InChI is InChI=1S/C27H41NO3/c1-20-9-12-24-26(2,14-8-15-27(24,3)25(29)30-4)22(20)11-10-21-13-18-31-23(21)19-28-16-6-5-7-17-28/h13,18,22,24H,1,5-12,14-17,19H2,2-4H3/t22-,24?,26+,27-/m0/s1. The molecule has 0 bridgehead atoms. The zero-order chi connectivity index (χ0) is 22.1. The van der Waals surface area contributed by atoms with Gasteiger partial charge < -0.3 is 9.15 Å². The number of esters is 1. The third-order valence-corrected chi connectivity index (χ3v) is 9.03. The monoisotopic (exact) mass is 427 g/mol. The summed E-state index contributed by atoms with van der Waals surface area (Å²) in [6.07, 6.45) is 13.3. The molecule has 31 heavy (non-hydrogen) atoms. The number of methoxy groups -OCH3 is 1. The summed E-state index contributed by atoms with van der Waals surface area (Å²) in [4.78, 5) is 15.3. The van der Waals surface area contributed by atoms with E-state index in [4.69, 9.17) is 9.15 Å². The number of likely N-dealkylation sites (tertiary alicyclic amines) is 1. The van der Waals surface area contributed by atoms with Crippen molar-refractivity contribution in [3.8, 4) is 0 Å². The number of aryl methyl sites for hydroxylation is 1. The van der Waals surface area contributed by atoms with Crippen LogP contribution in [0.25, 0.3) is 0 Å². The van der Waals surface area contributed by atoms with Gasteiger partial charge in [0, 0.05) is 0 Å². The predicted molar refractivity (Wildman–Crippen MR) is 124 cm³/mol. The van der Waals surface area contributed by atoms with Crippen LogP contribution in [0, 0.1) is 22.7 Å². The van der Waals surface area contributed by atoms with E-state index in [0.29, 0.717) is 11.8 Å². The van der Waals surface area contributed by atoms with Crippen molar-refractivity contribution in [1.29, 1.82) is 0 Å². The Hall–Kier alpha value is -1.55. The molecular formula is C27H41NO3. The molecule has 3 aliphatic rings. The first-order valence-corrected chi connectivity index (χ1v) is 12.4. The minimum absolute atomic E-state index is 0.0201. The Labute approximate surface area is 188 Å². The minimum Gasteiger partial charge on any atom is -0.469 e. The smallest absolute Gasteiger partial charge is 0.311 e. The number of carbonyl (C=O) groups excluding carboxylic acids is 1. The van der Waals surface area contributed by atoms with Crippen molar-refractivity contribution < 1.29 is 13.9 Å². The third-order valence-electron chi connectivity index (χ3n) is 9.03. The highest BCUT2D eigenvalue weighted by Crippen LogP contribution is 2.62. The molecule has 0 amide bonds. The van der Waals surface area contributed by atoms with Crippen molar-refractivity contribution in [1.82, 2.24) is 4.90 Å². The van der Waals surface area contributed by atoms with Gasteiger partial charge in [0.2, 0.25) is 0 Å². The van der Waals surface area contributed by atoms with E-state index in [1.54, 1.807) is 7.11 Å². The predicted octanol–water partition coefficient (Wildman–Crippen LogP) is 6.15. The van der Waals surface area contributed by atoms with E-state index in [0.717, 1.165) is 50.8 Å². The fourth-order valence-electron chi connectivity index (χ4n) is 7.31. The second-order valence-electron chi connectivity index (χ2n) is 10.8. The molecule has 0 radical (unpaired) electrons. The number of furan rings is 1. The van der Waals surface area contributed by atoms with Crippen LogP contribution < -0.4 is 0 Å². The van der Waals surface area contributed by atoms with Gasteiger partial charge in [0.15, 0.2) is 0 Å². The summed E-state index contributed by atoms with van der Waals surface area (Å²) in [5.74, 6) is 1.95. The van der Waals surface area contributed by atoms with E-state index < -0.39 is 0 Å². The lowest BCUT2D eigenvalue weighted by atomic mass is 9.46. The molecule has 4 heteroatoms. The van der Waals surface area contributed by atoms with Crippen LogP contribution in [-0.4, -0.2) is 31.1 Å². The van der Waals surface area contributed by atoms with Crippen molar-refractivity contribution in [3.05, 3.63) is 35.8 Å². The fraction of sp³-hybridized carbons (Fsp3) is 0.741. The summed E-state index contributed by atoms with van der Waals surface area (Å²) in [6, 6.07) is 2.17. The molecule has 0 N–H and O–H groups in total. The summed E-state index contributed by atoms with van der Waals surface area (Å²) in [5, 5.41) is 0. The van der Waals surface area contributed by atoms with Crippen LogP contribution in [0.15, 0.2) is 28.9 Å². The zero-order valence-corrected chi connectivity index (χ0v) is 19.9. The van der Waals surface area contributed by atoms with Crippen LogP contribution in [0.5, 0.6) is 0 Å². The SMILES string of the molecule is C=C1CCC2[C@](C)(CCC[C@]2(C)C(=O)OC)[C@H]1CCc1ccoc1CN1CCCCC1. The lowest BCUT2D eigenvalue weighted by Crippen LogP contribution is -2.53. The quantitative estimate of drug-likeness (QED) is 0.403. The molecule has 4 nitrogen and oxygen atoms in total. The first kappa shape index (κ1) is 22.6. The van der Waals surface area contributed by atoms with Crippen LogP contribution in [0.1, 0.15) is 83.0 Å². The summed E-state index contributed by atoms with van der Waals surface area (Å²) >= 11 is 0. The van der Waals surface area contributed by atoms with Crippen LogP contribution in [0.4, 0.5) is 0 Å². The van der Waals surface area contributed by atoms with Crippen LogP contribution in [0.2, 0.25) is 0 Å². The molecule has 2 aliphatic carbocycles. The highest BCUT2D eigenvalue weighted by Gasteiger charge is 2.57. The van der Waals surface area contributed by atoms with Crippen LogP contribution in [0.3, 0.4) is 0 Å². The van der Waals surface area contributed by atoms with E-state index in [9.17, 15) is 4.79 Å². The van der Waals surface area contributed by atoms with Gasteiger partial charge in [-0.05, 0) is 100 Å². The van der Waals surface area contributed by atoms with Crippen molar-refractivity contribution in [3.63, 3.8) is 0 Å². The number of piperidine rings is 1. The molecule has 0 aromatic carbocycles. The molecule has 4 rings (SSSR count). The highest BCUT2D eigenvalue weighted by atomic mass is 16.5. The number of hydrogen-bond donors (Lipinski definition) is 0. The summed E-state index contributed by atoms with van der Waals surface area (Å²) in [5.41, 5.74) is 2.49. The number of nitrogens with zero attached hydrogens (tertiary/aromatic N) is 1. The molecule has 1 saturated heterocycles. The number of allylic oxidation sites excluding steroid dienone is 1. The Morgan fingerprint density at radius 3 is 2.74 bits per heavy atom. The van der Waals surface area contributed by atoms with Gasteiger partial charge in [0.25, 0.3) is 0 Å². The molecule has 1 aromatic rings. The lowest BCUT2D eigenvalue weighted by Gasteiger charge is -2.57. The van der Waals surface area contributed by atoms with E-state index in [1.807, 2.05) is 6.26 Å². The van der Waals surface area contributed by atoms with Gasteiger partial charge in [-0.25, -0.2) is 0 Å². The van der Waals surface area contributed by atoms with Gasteiger partial charge >= 0.3 is 5.97 Å². The maximum Gasteiger partial charge on any atom is 0.311 e. The van der Waals surface area contributed by atoms with Crippen molar-refractivity contribution >= 4 is 5.97 Å². The van der Waals surface area contributed by atoms with Crippen molar-refractivity contribution in [2.45, 2.75) is 84.6 Å². The topological polar surface area (TPSA) is 42.7 Å². The van der Waals surface area contributed by atoms with Crippen LogP contribution >= 0.6 is 0 Å². The first-order valence-electron chi connectivity index (χ1n) is 12.4. The van der Waals surface area contributed by atoms with E-state index in [-0.39, 0.29) is 16.8 Å². The average molecular weight is 428 g/mol.